The van der Waals surface area contributed by atoms with E-state index in [0.29, 0.717) is 30.9 Å². The standard InChI is InChI=1S/C27H27ClF3N9O2/c1-3-17-12-33-8-9-39(17)26(42)18-6-5-16(10-20(18)28)36-25(41)24-35-13-21(38(24)2)19-14-40(37-23(19)27(29,30)31)22-7-4-15(32)11-34-22/h4-7,10-11,13-14,17,33H,3,8-9,12,32H2,1-2H3,(H,36,41)/t17-/m1/s1. The molecule has 42 heavy (non-hydrogen) atoms. The van der Waals surface area contributed by atoms with Gasteiger partial charge < -0.3 is 25.8 Å². The molecular formula is C27H27ClF3N9O2. The van der Waals surface area contributed by atoms with Gasteiger partial charge in [-0.3, -0.25) is 9.59 Å². The molecule has 3 aromatic heterocycles. The van der Waals surface area contributed by atoms with Crippen LogP contribution in [0.5, 0.6) is 0 Å². The second-order valence-electron chi connectivity index (χ2n) is 9.72. The summed E-state index contributed by atoms with van der Waals surface area (Å²) in [5, 5.41) is 9.77. The Kier molecular flexibility index (Phi) is 7.93. The zero-order chi connectivity index (χ0) is 30.2. The predicted molar refractivity (Wildman–Crippen MR) is 150 cm³/mol. The molecule has 1 atom stereocenters. The van der Waals surface area contributed by atoms with E-state index in [1.54, 1.807) is 4.90 Å². The minimum absolute atomic E-state index is 0.00893. The third-order valence-electron chi connectivity index (χ3n) is 7.00. The quantitative estimate of drug-likeness (QED) is 0.304. The Balaban J connectivity index is 1.38. The molecule has 4 heterocycles. The molecule has 15 heteroatoms. The predicted octanol–water partition coefficient (Wildman–Crippen LogP) is 4.00. The maximum absolute atomic E-state index is 13.9. The van der Waals surface area contributed by atoms with E-state index in [1.807, 2.05) is 6.92 Å². The fourth-order valence-corrected chi connectivity index (χ4v) is 5.05. The van der Waals surface area contributed by atoms with Crippen molar-refractivity contribution in [3.63, 3.8) is 0 Å². The summed E-state index contributed by atoms with van der Waals surface area (Å²) in [6.45, 7) is 3.94. The highest BCUT2D eigenvalue weighted by Gasteiger charge is 2.39. The molecule has 0 bridgehead atoms. The second-order valence-corrected chi connectivity index (χ2v) is 10.1. The van der Waals surface area contributed by atoms with E-state index in [2.05, 4.69) is 25.7 Å². The first-order valence-corrected chi connectivity index (χ1v) is 13.4. The topological polar surface area (TPSA) is 136 Å². The number of piperazine rings is 1. The number of nitrogens with two attached hydrogens (primary N) is 1. The Hall–Kier alpha value is -4.43. The number of aromatic nitrogens is 5. The van der Waals surface area contributed by atoms with Crippen LogP contribution in [0.15, 0.2) is 48.9 Å². The average Bonchev–Trinajstić information content (AvgIpc) is 3.57. The summed E-state index contributed by atoms with van der Waals surface area (Å²) in [6.07, 6.45) is -0.373. The number of carbonyl (C=O) groups is 2. The molecule has 0 saturated carbocycles. The van der Waals surface area contributed by atoms with Crippen LogP contribution >= 0.6 is 11.6 Å². The number of benzene rings is 1. The van der Waals surface area contributed by atoms with E-state index in [0.717, 1.165) is 23.5 Å². The van der Waals surface area contributed by atoms with Crippen LogP contribution in [0.4, 0.5) is 24.5 Å². The van der Waals surface area contributed by atoms with Gasteiger partial charge in [0, 0.05) is 44.6 Å². The van der Waals surface area contributed by atoms with E-state index in [4.69, 9.17) is 17.3 Å². The Morgan fingerprint density at radius 1 is 1.19 bits per heavy atom. The lowest BCUT2D eigenvalue weighted by atomic mass is 10.1. The molecule has 5 rings (SSSR count). The zero-order valence-corrected chi connectivity index (χ0v) is 23.4. The van der Waals surface area contributed by atoms with Crippen molar-refractivity contribution in [3.05, 3.63) is 71.0 Å². The van der Waals surface area contributed by atoms with Crippen LogP contribution in [0.3, 0.4) is 0 Å². The molecule has 0 radical (unpaired) electrons. The van der Waals surface area contributed by atoms with Crippen molar-refractivity contribution in [2.24, 2.45) is 7.05 Å². The molecule has 1 aliphatic rings. The zero-order valence-electron chi connectivity index (χ0n) is 22.6. The SMILES string of the molecule is CC[C@@H]1CNCCN1C(=O)c1ccc(NC(=O)c2ncc(-c3cn(-c4ccc(N)cn4)nc3C(F)(F)F)n2C)cc1Cl. The van der Waals surface area contributed by atoms with Crippen LogP contribution in [0.2, 0.25) is 5.02 Å². The van der Waals surface area contributed by atoms with E-state index < -0.39 is 17.8 Å². The van der Waals surface area contributed by atoms with E-state index in [-0.39, 0.29) is 45.6 Å². The van der Waals surface area contributed by atoms with Gasteiger partial charge in [0.1, 0.15) is 0 Å². The van der Waals surface area contributed by atoms with Crippen molar-refractivity contribution in [1.29, 1.82) is 0 Å². The van der Waals surface area contributed by atoms with E-state index in [9.17, 15) is 22.8 Å². The van der Waals surface area contributed by atoms with Gasteiger partial charge in [0.05, 0.1) is 39.9 Å². The minimum atomic E-state index is -4.79. The summed E-state index contributed by atoms with van der Waals surface area (Å²) in [5.41, 5.74) is 5.12. The maximum atomic E-state index is 13.9. The fourth-order valence-electron chi connectivity index (χ4n) is 4.79. The number of anilines is 2. The molecular weight excluding hydrogens is 575 g/mol. The number of hydrogen-bond acceptors (Lipinski definition) is 7. The molecule has 2 amide bonds. The number of hydrogen-bond donors (Lipinski definition) is 3. The lowest BCUT2D eigenvalue weighted by molar-refractivity contribution is -0.140. The minimum Gasteiger partial charge on any atom is -0.397 e. The van der Waals surface area contributed by atoms with Gasteiger partial charge in [0.15, 0.2) is 17.3 Å². The van der Waals surface area contributed by atoms with Crippen molar-refractivity contribution in [3.8, 4) is 17.1 Å². The number of alkyl halides is 3. The molecule has 0 unspecified atom stereocenters. The first kappa shape index (κ1) is 29.1. The molecule has 4 N–H and O–H groups in total. The van der Waals surface area contributed by atoms with Gasteiger partial charge in [-0.2, -0.15) is 18.3 Å². The van der Waals surface area contributed by atoms with Crippen molar-refractivity contribution < 1.29 is 22.8 Å². The van der Waals surface area contributed by atoms with Crippen molar-refractivity contribution >= 4 is 34.8 Å². The summed E-state index contributed by atoms with van der Waals surface area (Å²) in [7, 11) is 1.42. The molecule has 0 spiro atoms. The summed E-state index contributed by atoms with van der Waals surface area (Å²) in [5.74, 6) is -0.912. The van der Waals surface area contributed by atoms with Crippen molar-refractivity contribution in [2.45, 2.75) is 25.6 Å². The monoisotopic (exact) mass is 601 g/mol. The Bertz CT molecular complexity index is 1630. The largest absolute Gasteiger partial charge is 0.435 e. The fraction of sp³-hybridized carbons (Fsp3) is 0.296. The number of pyridine rings is 1. The number of amides is 2. The lowest BCUT2D eigenvalue weighted by Gasteiger charge is -2.36. The number of carbonyl (C=O) groups excluding carboxylic acids is 2. The molecule has 1 aromatic carbocycles. The van der Waals surface area contributed by atoms with Gasteiger partial charge in [-0.1, -0.05) is 18.5 Å². The normalized spacial score (nSPS) is 15.6. The first-order valence-electron chi connectivity index (χ1n) is 13.0. The van der Waals surface area contributed by atoms with Gasteiger partial charge in [0.25, 0.3) is 11.8 Å². The second kappa shape index (κ2) is 11.4. The lowest BCUT2D eigenvalue weighted by Crippen LogP contribution is -2.53. The highest BCUT2D eigenvalue weighted by atomic mass is 35.5. The van der Waals surface area contributed by atoms with E-state index >= 15 is 0 Å². The molecule has 1 aliphatic heterocycles. The third kappa shape index (κ3) is 5.67. The Morgan fingerprint density at radius 3 is 2.64 bits per heavy atom. The summed E-state index contributed by atoms with van der Waals surface area (Å²) in [4.78, 5) is 36.1. The summed E-state index contributed by atoms with van der Waals surface area (Å²) < 4.78 is 44.0. The third-order valence-corrected chi connectivity index (χ3v) is 7.31. The molecule has 0 aliphatic carbocycles. The number of rotatable bonds is 6. The van der Waals surface area contributed by atoms with Gasteiger partial charge in [-0.15, -0.1) is 0 Å². The number of nitrogens with one attached hydrogen (secondary N) is 2. The molecule has 1 saturated heterocycles. The van der Waals surface area contributed by atoms with Crippen LogP contribution < -0.4 is 16.4 Å². The van der Waals surface area contributed by atoms with Gasteiger partial charge in [-0.05, 0) is 36.8 Å². The van der Waals surface area contributed by atoms with Gasteiger partial charge >= 0.3 is 6.18 Å². The average molecular weight is 602 g/mol. The van der Waals surface area contributed by atoms with Gasteiger partial charge in [0.2, 0.25) is 0 Å². The van der Waals surface area contributed by atoms with Crippen LogP contribution in [0, 0.1) is 0 Å². The molecule has 220 valence electrons. The number of imidazole rings is 1. The Labute approximate surface area is 243 Å². The van der Waals surface area contributed by atoms with E-state index in [1.165, 1.54) is 48.1 Å². The number of nitrogens with zero attached hydrogens (tertiary/aromatic N) is 6. The molecule has 11 nitrogen and oxygen atoms in total. The van der Waals surface area contributed by atoms with Gasteiger partial charge in [-0.25, -0.2) is 14.6 Å². The summed E-state index contributed by atoms with van der Waals surface area (Å²) in [6, 6.07) is 7.50. The van der Waals surface area contributed by atoms with Crippen LogP contribution in [-0.2, 0) is 13.2 Å². The smallest absolute Gasteiger partial charge is 0.397 e. The number of halogens is 4. The number of nitrogen functional groups attached to an aromatic ring is 1. The van der Waals surface area contributed by atoms with Crippen LogP contribution in [0.25, 0.3) is 17.1 Å². The summed E-state index contributed by atoms with van der Waals surface area (Å²) >= 11 is 6.44. The highest BCUT2D eigenvalue weighted by molar-refractivity contribution is 6.34. The van der Waals surface area contributed by atoms with Crippen molar-refractivity contribution in [2.75, 3.05) is 30.7 Å². The van der Waals surface area contributed by atoms with Crippen molar-refractivity contribution in [1.82, 2.24) is 34.5 Å². The first-order chi connectivity index (χ1) is 20.0. The Morgan fingerprint density at radius 2 is 1.98 bits per heavy atom. The van der Waals surface area contributed by atoms with Crippen LogP contribution in [-0.4, -0.2) is 66.7 Å². The highest BCUT2D eigenvalue weighted by Crippen LogP contribution is 2.37. The molecule has 4 aromatic rings. The van der Waals surface area contributed by atoms with Crippen LogP contribution in [0.1, 0.15) is 40.0 Å². The molecule has 1 fully saturated rings. The maximum Gasteiger partial charge on any atom is 0.435 e.